The van der Waals surface area contributed by atoms with E-state index in [1.807, 2.05) is 0 Å². The maximum absolute atomic E-state index is 6.96. The van der Waals surface area contributed by atoms with Crippen LogP contribution in [-0.2, 0) is 0 Å². The number of benzene rings is 9. The topological polar surface area (TPSA) is 32.8 Å². The lowest BCUT2D eigenvalue weighted by Crippen LogP contribution is -2.13. The first-order valence-corrected chi connectivity index (χ1v) is 22.9. The van der Waals surface area contributed by atoms with Gasteiger partial charge >= 0.3 is 0 Å². The highest BCUT2D eigenvalue weighted by atomic mass is 16.3. The number of nitrogens with zero attached hydrogens (tertiary/aromatic N) is 2. The van der Waals surface area contributed by atoms with Gasteiger partial charge in [0.15, 0.2) is 0 Å². The van der Waals surface area contributed by atoms with Gasteiger partial charge in [0, 0.05) is 61.2 Å². The third kappa shape index (κ3) is 6.41. The third-order valence-electron chi connectivity index (χ3n) is 14.5. The zero-order chi connectivity index (χ0) is 45.0. The first-order valence-electron chi connectivity index (χ1n) is 22.9. The lowest BCUT2D eigenvalue weighted by Gasteiger charge is -2.30. The van der Waals surface area contributed by atoms with Crippen molar-refractivity contribution in [1.82, 2.24) is 0 Å². The molecule has 0 bridgehead atoms. The average Bonchev–Trinajstić information content (AvgIpc) is 3.83. The predicted octanol–water partition coefficient (Wildman–Crippen LogP) is 18.3. The molecule has 0 spiro atoms. The Morgan fingerprint density at radius 2 is 0.708 bits per heavy atom. The van der Waals surface area contributed by atoms with Crippen LogP contribution < -0.4 is 9.80 Å². The van der Waals surface area contributed by atoms with Gasteiger partial charge in [0.1, 0.15) is 22.3 Å². The molecule has 65 heavy (non-hydrogen) atoms. The van der Waals surface area contributed by atoms with Crippen molar-refractivity contribution in [3.05, 3.63) is 190 Å². The molecular formula is C61H54N2O2. The van der Waals surface area contributed by atoms with Gasteiger partial charge in [0.25, 0.3) is 0 Å². The Morgan fingerprint density at radius 3 is 1.05 bits per heavy atom. The van der Waals surface area contributed by atoms with E-state index in [0.29, 0.717) is 0 Å². The highest BCUT2D eigenvalue weighted by Gasteiger charge is 2.25. The number of anilines is 6. The Morgan fingerprint density at radius 1 is 0.354 bits per heavy atom. The lowest BCUT2D eigenvalue weighted by molar-refractivity contribution is 0.638. The van der Waals surface area contributed by atoms with Crippen LogP contribution in [0.2, 0.25) is 0 Å². The standard InChI is InChI=1S/C61H54N2O2/c1-34(2)59-60-51(49-29-43-23-25-47(27-45(43)31-57(49)64-60)62(53-19-11-15-35(3)39(53)7)54-20-12-16-36(4)40(54)8)33-52-50-30-44-24-26-48(28-46(44)32-58(50)65-61(52)59)63(55-21-13-17-37(5)41(55)9)56-22-14-18-38(6)42(56)10/h11-34H,1-10H3. The maximum atomic E-state index is 6.96. The largest absolute Gasteiger partial charge is 0.456 e. The molecule has 4 nitrogen and oxygen atoms in total. The van der Waals surface area contributed by atoms with Crippen molar-refractivity contribution in [3.8, 4) is 0 Å². The molecule has 2 aromatic heterocycles. The van der Waals surface area contributed by atoms with Crippen molar-refractivity contribution in [2.75, 3.05) is 9.80 Å². The molecule has 0 fully saturated rings. The normalized spacial score (nSPS) is 12.0. The molecule has 4 heteroatoms. The molecule has 0 unspecified atom stereocenters. The summed E-state index contributed by atoms with van der Waals surface area (Å²) in [6.07, 6.45) is 0. The van der Waals surface area contributed by atoms with Crippen LogP contribution in [0.4, 0.5) is 34.1 Å². The summed E-state index contributed by atoms with van der Waals surface area (Å²) in [6, 6.07) is 51.4. The molecule has 0 aliphatic heterocycles. The molecule has 0 aliphatic rings. The molecule has 0 amide bonds. The smallest absolute Gasteiger partial charge is 0.142 e. The molecule has 0 atom stereocenters. The molecular weight excluding hydrogens is 793 g/mol. The van der Waals surface area contributed by atoms with Crippen LogP contribution in [0.3, 0.4) is 0 Å². The van der Waals surface area contributed by atoms with Gasteiger partial charge in [-0.1, -0.05) is 74.5 Å². The summed E-state index contributed by atoms with van der Waals surface area (Å²) < 4.78 is 13.9. The van der Waals surface area contributed by atoms with E-state index in [0.717, 1.165) is 71.6 Å². The Balaban J connectivity index is 1.07. The van der Waals surface area contributed by atoms with E-state index >= 15 is 0 Å². The summed E-state index contributed by atoms with van der Waals surface area (Å²) in [7, 11) is 0. The average molecular weight is 847 g/mol. The molecule has 11 rings (SSSR count). The summed E-state index contributed by atoms with van der Waals surface area (Å²) in [5.74, 6) is 0.164. The molecule has 0 saturated carbocycles. The van der Waals surface area contributed by atoms with Crippen LogP contribution in [0.25, 0.3) is 65.4 Å². The van der Waals surface area contributed by atoms with Gasteiger partial charge in [-0.25, -0.2) is 0 Å². The summed E-state index contributed by atoms with van der Waals surface area (Å²) in [5.41, 5.74) is 21.8. The number of fused-ring (bicyclic) bond motifs is 8. The molecule has 9 aromatic carbocycles. The minimum absolute atomic E-state index is 0.164. The Kier molecular flexibility index (Phi) is 9.44. The van der Waals surface area contributed by atoms with Crippen LogP contribution in [0, 0.1) is 55.4 Å². The van der Waals surface area contributed by atoms with Gasteiger partial charge in [-0.3, -0.25) is 0 Å². The Labute approximate surface area is 381 Å². The summed E-state index contributed by atoms with van der Waals surface area (Å²) in [5, 5.41) is 9.07. The van der Waals surface area contributed by atoms with Crippen LogP contribution in [0.1, 0.15) is 69.8 Å². The molecule has 0 radical (unpaired) electrons. The van der Waals surface area contributed by atoms with Crippen LogP contribution in [-0.4, -0.2) is 0 Å². The van der Waals surface area contributed by atoms with Crippen molar-refractivity contribution in [1.29, 1.82) is 0 Å². The van der Waals surface area contributed by atoms with E-state index in [-0.39, 0.29) is 5.92 Å². The van der Waals surface area contributed by atoms with E-state index in [4.69, 9.17) is 8.83 Å². The lowest BCUT2D eigenvalue weighted by atomic mass is 9.95. The van der Waals surface area contributed by atoms with Crippen molar-refractivity contribution in [2.24, 2.45) is 0 Å². The summed E-state index contributed by atoms with van der Waals surface area (Å²) >= 11 is 0. The SMILES string of the molecule is Cc1cccc(N(c2ccc3cc4c(cc3c2)oc2c(C(C)C)c3oc5cc6cc(N(c7cccc(C)c7C)c7cccc(C)c7C)ccc6cc5c3cc24)c2cccc(C)c2C)c1C. The van der Waals surface area contributed by atoms with Crippen LogP contribution in [0.5, 0.6) is 0 Å². The minimum atomic E-state index is 0.164. The van der Waals surface area contributed by atoms with Crippen LogP contribution in [0.15, 0.2) is 148 Å². The molecule has 11 aromatic rings. The number of furan rings is 2. The Hall–Kier alpha value is -7.30. The highest BCUT2D eigenvalue weighted by Crippen LogP contribution is 2.47. The molecule has 0 saturated heterocycles. The predicted molar refractivity (Wildman–Crippen MR) is 277 cm³/mol. The fourth-order valence-electron chi connectivity index (χ4n) is 10.2. The second-order valence-corrected chi connectivity index (χ2v) is 18.7. The first kappa shape index (κ1) is 40.5. The second-order valence-electron chi connectivity index (χ2n) is 18.7. The van der Waals surface area contributed by atoms with Gasteiger partial charge in [0.05, 0.1) is 0 Å². The minimum Gasteiger partial charge on any atom is -0.456 e. The quantitative estimate of drug-likeness (QED) is 0.160. The molecule has 0 N–H and O–H groups in total. The fraction of sp³-hybridized carbons (Fsp3) is 0.180. The van der Waals surface area contributed by atoms with Gasteiger partial charge in [0.2, 0.25) is 0 Å². The maximum Gasteiger partial charge on any atom is 0.142 e. The van der Waals surface area contributed by atoms with Crippen molar-refractivity contribution in [3.63, 3.8) is 0 Å². The summed E-state index contributed by atoms with van der Waals surface area (Å²) in [4.78, 5) is 4.83. The fourth-order valence-corrected chi connectivity index (χ4v) is 10.2. The number of hydrogen-bond acceptors (Lipinski definition) is 4. The molecule has 320 valence electrons. The molecule has 2 heterocycles. The van der Waals surface area contributed by atoms with Gasteiger partial charge in [-0.15, -0.1) is 0 Å². The van der Waals surface area contributed by atoms with Crippen molar-refractivity contribution in [2.45, 2.75) is 75.2 Å². The van der Waals surface area contributed by atoms with Gasteiger partial charge < -0.3 is 18.6 Å². The van der Waals surface area contributed by atoms with Gasteiger partial charge in [-0.2, -0.15) is 0 Å². The van der Waals surface area contributed by atoms with E-state index < -0.39 is 0 Å². The van der Waals surface area contributed by atoms with Crippen LogP contribution >= 0.6 is 0 Å². The monoisotopic (exact) mass is 846 g/mol. The molecule has 0 aliphatic carbocycles. The number of aryl methyl sites for hydroxylation is 4. The number of hydrogen-bond donors (Lipinski definition) is 0. The number of rotatable bonds is 7. The van der Waals surface area contributed by atoms with Crippen molar-refractivity contribution >= 4 is 99.5 Å². The third-order valence-corrected chi connectivity index (χ3v) is 14.5. The zero-order valence-electron chi connectivity index (χ0n) is 39.1. The summed E-state index contributed by atoms with van der Waals surface area (Å²) in [6.45, 7) is 22.1. The van der Waals surface area contributed by atoms with Gasteiger partial charge in [-0.05, 0) is 206 Å². The van der Waals surface area contributed by atoms with Crippen molar-refractivity contribution < 1.29 is 8.83 Å². The van der Waals surface area contributed by atoms with E-state index in [2.05, 4.69) is 219 Å². The first-order chi connectivity index (χ1) is 31.4. The van der Waals surface area contributed by atoms with E-state index in [1.54, 1.807) is 0 Å². The van der Waals surface area contributed by atoms with E-state index in [1.165, 1.54) is 78.0 Å². The Bertz CT molecular complexity index is 3410. The zero-order valence-corrected chi connectivity index (χ0v) is 39.1. The highest BCUT2D eigenvalue weighted by molar-refractivity contribution is 6.20. The van der Waals surface area contributed by atoms with E-state index in [9.17, 15) is 0 Å². The second kappa shape index (κ2) is 15.2.